The predicted molar refractivity (Wildman–Crippen MR) is 81.5 cm³/mol. The number of carbonyl (C=O) groups excluding carboxylic acids is 1. The Balaban J connectivity index is 1.92. The predicted octanol–water partition coefficient (Wildman–Crippen LogP) is 3.03. The second-order valence-electron chi connectivity index (χ2n) is 4.24. The normalized spacial score (nSPS) is 11.7. The maximum atomic E-state index is 11.8. The monoisotopic (exact) mass is 324 g/mol. The third kappa shape index (κ3) is 4.47. The van der Waals surface area contributed by atoms with Crippen molar-refractivity contribution in [2.75, 3.05) is 0 Å². The summed E-state index contributed by atoms with van der Waals surface area (Å²) in [4.78, 5) is 23.6. The fraction of sp³-hybridized carbons (Fsp3) is 0.143. The van der Waals surface area contributed by atoms with E-state index in [4.69, 9.17) is 16.7 Å². The van der Waals surface area contributed by atoms with Crippen LogP contribution in [0.4, 0.5) is 4.79 Å². The Labute approximate surface area is 130 Å². The minimum absolute atomic E-state index is 0.267. The van der Waals surface area contributed by atoms with Crippen LogP contribution >= 0.6 is 22.9 Å². The highest BCUT2D eigenvalue weighted by Crippen LogP contribution is 2.19. The van der Waals surface area contributed by atoms with Crippen LogP contribution in [-0.2, 0) is 11.3 Å². The van der Waals surface area contributed by atoms with Crippen LogP contribution in [0.2, 0.25) is 5.02 Å². The van der Waals surface area contributed by atoms with Gasteiger partial charge in [-0.25, -0.2) is 9.59 Å². The Morgan fingerprint density at radius 3 is 2.71 bits per heavy atom. The summed E-state index contributed by atoms with van der Waals surface area (Å²) in [5.41, 5.74) is 0.834. The lowest BCUT2D eigenvalue weighted by Crippen LogP contribution is -2.40. The molecule has 0 saturated carbocycles. The van der Waals surface area contributed by atoms with E-state index in [1.165, 1.54) is 11.3 Å². The van der Waals surface area contributed by atoms with Gasteiger partial charge in [-0.2, -0.15) is 0 Å². The van der Waals surface area contributed by atoms with Crippen molar-refractivity contribution in [3.05, 3.63) is 57.2 Å². The molecule has 3 N–H and O–H groups in total. The number of carbonyl (C=O) groups is 2. The molecule has 0 aliphatic carbocycles. The summed E-state index contributed by atoms with van der Waals surface area (Å²) in [5, 5.41) is 16.5. The summed E-state index contributed by atoms with van der Waals surface area (Å²) < 4.78 is 0. The van der Waals surface area contributed by atoms with Crippen molar-refractivity contribution in [2.24, 2.45) is 0 Å². The van der Waals surface area contributed by atoms with Gasteiger partial charge in [0.05, 0.1) is 0 Å². The number of amides is 2. The molecule has 2 rings (SSSR count). The molecule has 0 fully saturated rings. The van der Waals surface area contributed by atoms with Gasteiger partial charge < -0.3 is 15.7 Å². The van der Waals surface area contributed by atoms with Gasteiger partial charge in [-0.3, -0.25) is 0 Å². The van der Waals surface area contributed by atoms with Crippen LogP contribution in [0.25, 0.3) is 0 Å². The van der Waals surface area contributed by atoms with Crippen molar-refractivity contribution >= 4 is 34.9 Å². The third-order valence-corrected chi connectivity index (χ3v) is 3.86. The number of hydrogen-bond donors (Lipinski definition) is 3. The number of nitrogens with one attached hydrogen (secondary N) is 2. The second kappa shape index (κ2) is 7.10. The van der Waals surface area contributed by atoms with Crippen LogP contribution in [0.1, 0.15) is 16.5 Å². The summed E-state index contributed by atoms with van der Waals surface area (Å²) in [6, 6.07) is 8.88. The number of halogens is 1. The Hall–Kier alpha value is -2.05. The third-order valence-electron chi connectivity index (χ3n) is 2.69. The van der Waals surface area contributed by atoms with E-state index >= 15 is 0 Å². The molecule has 1 aromatic carbocycles. The summed E-state index contributed by atoms with van der Waals surface area (Å²) in [6.45, 7) is 0.267. The zero-order valence-electron chi connectivity index (χ0n) is 10.9. The molecule has 0 saturated heterocycles. The van der Waals surface area contributed by atoms with Crippen LogP contribution < -0.4 is 10.6 Å². The van der Waals surface area contributed by atoms with E-state index in [1.54, 1.807) is 35.7 Å². The van der Waals surface area contributed by atoms with Crippen molar-refractivity contribution < 1.29 is 14.7 Å². The van der Waals surface area contributed by atoms with Crippen molar-refractivity contribution in [2.45, 2.75) is 12.6 Å². The molecule has 0 aliphatic heterocycles. The van der Waals surface area contributed by atoms with E-state index in [2.05, 4.69) is 10.6 Å². The largest absolute Gasteiger partial charge is 0.479 e. The first-order chi connectivity index (χ1) is 10.1. The molecule has 5 nitrogen and oxygen atoms in total. The highest BCUT2D eigenvalue weighted by atomic mass is 35.5. The van der Waals surface area contributed by atoms with Crippen molar-refractivity contribution in [3.8, 4) is 0 Å². The van der Waals surface area contributed by atoms with Gasteiger partial charge in [-0.1, -0.05) is 29.8 Å². The van der Waals surface area contributed by atoms with E-state index < -0.39 is 18.0 Å². The van der Waals surface area contributed by atoms with Gasteiger partial charge in [0.15, 0.2) is 6.04 Å². The standard InChI is InChI=1S/C14H13ClN2O3S/c15-10-4-1-3-9(7-10)8-16-14(20)17-12(13(18)19)11-5-2-6-21-11/h1-7,12H,8H2,(H,18,19)(H2,16,17,20). The van der Waals surface area contributed by atoms with Crippen LogP contribution in [0.5, 0.6) is 0 Å². The first-order valence-corrected chi connectivity index (χ1v) is 7.37. The minimum Gasteiger partial charge on any atom is -0.479 e. The fourth-order valence-electron chi connectivity index (χ4n) is 1.72. The van der Waals surface area contributed by atoms with Gasteiger partial charge in [0.1, 0.15) is 0 Å². The quantitative estimate of drug-likeness (QED) is 0.791. The summed E-state index contributed by atoms with van der Waals surface area (Å²) >= 11 is 7.13. The highest BCUT2D eigenvalue weighted by Gasteiger charge is 2.22. The van der Waals surface area contributed by atoms with Gasteiger partial charge in [0.25, 0.3) is 0 Å². The van der Waals surface area contributed by atoms with Crippen LogP contribution in [0.15, 0.2) is 41.8 Å². The number of carboxylic acid groups (broad SMARTS) is 1. The SMILES string of the molecule is O=C(NCc1cccc(Cl)c1)NC(C(=O)O)c1cccs1. The summed E-state index contributed by atoms with van der Waals surface area (Å²) in [6.07, 6.45) is 0. The van der Waals surface area contributed by atoms with E-state index in [0.29, 0.717) is 9.90 Å². The minimum atomic E-state index is -1.10. The van der Waals surface area contributed by atoms with Crippen LogP contribution in [0, 0.1) is 0 Å². The molecule has 0 aliphatic rings. The van der Waals surface area contributed by atoms with E-state index in [1.807, 2.05) is 6.07 Å². The molecule has 1 heterocycles. The molecule has 110 valence electrons. The van der Waals surface area contributed by atoms with Gasteiger partial charge in [-0.15, -0.1) is 11.3 Å². The van der Waals surface area contributed by atoms with E-state index in [9.17, 15) is 9.59 Å². The number of urea groups is 1. The van der Waals surface area contributed by atoms with Crippen LogP contribution in [0.3, 0.4) is 0 Å². The molecule has 0 radical (unpaired) electrons. The molecular formula is C14H13ClN2O3S. The van der Waals surface area contributed by atoms with E-state index in [0.717, 1.165) is 5.56 Å². The Kier molecular flexibility index (Phi) is 5.19. The number of rotatable bonds is 5. The summed E-state index contributed by atoms with van der Waals surface area (Å²) in [7, 11) is 0. The number of benzene rings is 1. The molecule has 1 unspecified atom stereocenters. The molecule has 7 heteroatoms. The summed E-state index contributed by atoms with van der Waals surface area (Å²) in [5.74, 6) is -1.10. The van der Waals surface area contributed by atoms with Crippen LogP contribution in [-0.4, -0.2) is 17.1 Å². The molecule has 2 aromatic rings. The topological polar surface area (TPSA) is 78.4 Å². The van der Waals surface area contributed by atoms with Gasteiger partial charge in [-0.05, 0) is 29.1 Å². The van der Waals surface area contributed by atoms with Crippen molar-refractivity contribution in [3.63, 3.8) is 0 Å². The maximum Gasteiger partial charge on any atom is 0.331 e. The molecule has 0 bridgehead atoms. The molecule has 1 atom stereocenters. The van der Waals surface area contributed by atoms with Gasteiger partial charge in [0, 0.05) is 16.4 Å². The smallest absolute Gasteiger partial charge is 0.331 e. The molecule has 21 heavy (non-hydrogen) atoms. The lowest BCUT2D eigenvalue weighted by atomic mass is 10.2. The zero-order chi connectivity index (χ0) is 15.2. The van der Waals surface area contributed by atoms with E-state index in [-0.39, 0.29) is 6.54 Å². The van der Waals surface area contributed by atoms with Crippen molar-refractivity contribution in [1.29, 1.82) is 0 Å². The van der Waals surface area contributed by atoms with Gasteiger partial charge >= 0.3 is 12.0 Å². The Bertz CT molecular complexity index is 631. The maximum absolute atomic E-state index is 11.8. The first-order valence-electron chi connectivity index (χ1n) is 6.11. The first kappa shape index (κ1) is 15.3. The highest BCUT2D eigenvalue weighted by molar-refractivity contribution is 7.10. The zero-order valence-corrected chi connectivity index (χ0v) is 12.4. The average molecular weight is 325 g/mol. The Morgan fingerprint density at radius 2 is 2.10 bits per heavy atom. The number of thiophene rings is 1. The molecule has 0 spiro atoms. The number of carboxylic acids is 1. The number of hydrogen-bond acceptors (Lipinski definition) is 3. The number of aliphatic carboxylic acids is 1. The molecular weight excluding hydrogens is 312 g/mol. The van der Waals surface area contributed by atoms with Gasteiger partial charge in [0.2, 0.25) is 0 Å². The fourth-order valence-corrected chi connectivity index (χ4v) is 2.70. The lowest BCUT2D eigenvalue weighted by Gasteiger charge is -2.14. The lowest BCUT2D eigenvalue weighted by molar-refractivity contribution is -0.139. The molecule has 2 amide bonds. The second-order valence-corrected chi connectivity index (χ2v) is 5.66. The Morgan fingerprint density at radius 1 is 1.29 bits per heavy atom. The average Bonchev–Trinajstić information content (AvgIpc) is 2.96. The van der Waals surface area contributed by atoms with Crippen molar-refractivity contribution in [1.82, 2.24) is 10.6 Å². The molecule has 1 aromatic heterocycles.